The summed E-state index contributed by atoms with van der Waals surface area (Å²) in [5, 5.41) is 18.2. The molecule has 13 aromatic carbocycles. The zero-order valence-corrected chi connectivity index (χ0v) is 47.6. The largest absolute Gasteiger partial charge is 0.309 e. The number of rotatable bonds is 11. The van der Waals surface area contributed by atoms with Gasteiger partial charge in [0.2, 0.25) is 0 Å². The third kappa shape index (κ3) is 7.42. The van der Waals surface area contributed by atoms with Crippen LogP contribution in [0.3, 0.4) is 0 Å². The first kappa shape index (κ1) is 48.6. The molecule has 0 bridgehead atoms. The number of hydrogen-bond acceptors (Lipinski definition) is 0. The van der Waals surface area contributed by atoms with Gasteiger partial charge in [-0.25, -0.2) is 0 Å². The van der Waals surface area contributed by atoms with E-state index in [1.54, 1.807) is 0 Å². The van der Waals surface area contributed by atoms with Crippen LogP contribution in [0.4, 0.5) is 0 Å². The summed E-state index contributed by atoms with van der Waals surface area (Å²) in [4.78, 5) is 0. The number of fused-ring (bicyclic) bond motifs is 9. The molecule has 16 rings (SSSR count). The molecule has 0 unspecified atom stereocenters. The molecule has 0 saturated heterocycles. The molecule has 83 heavy (non-hydrogen) atoms. The molecule has 390 valence electrons. The van der Waals surface area contributed by atoms with E-state index in [2.05, 4.69) is 347 Å². The summed E-state index contributed by atoms with van der Waals surface area (Å²) < 4.78 is 7.51. The number of aromatic nitrogens is 3. The maximum absolute atomic E-state index is 2.81. The fraction of sp³-hybridized carbons (Fsp3) is 0. The highest BCUT2D eigenvalue weighted by Crippen LogP contribution is 2.41. The average Bonchev–Trinajstić information content (AvgIpc) is 2.16. The lowest BCUT2D eigenvalue weighted by molar-refractivity contribution is 1.16. The van der Waals surface area contributed by atoms with Gasteiger partial charge < -0.3 is 13.7 Å². The first-order chi connectivity index (χ1) is 41.2. The van der Waals surface area contributed by atoms with Crippen molar-refractivity contribution in [1.82, 2.24) is 13.7 Å². The molecule has 0 saturated carbocycles. The molecule has 0 N–H and O–H groups in total. The van der Waals surface area contributed by atoms with Crippen LogP contribution in [-0.2, 0) is 0 Å². The lowest BCUT2D eigenvalue weighted by atomic mass is 10.1. The molecule has 0 fully saturated rings. The van der Waals surface area contributed by atoms with Gasteiger partial charge >= 0.3 is 0 Å². The first-order valence-electron chi connectivity index (χ1n) is 28.8. The van der Waals surface area contributed by atoms with Gasteiger partial charge in [-0.2, -0.15) is 0 Å². The zero-order valence-electron chi connectivity index (χ0n) is 45.6. The van der Waals surface area contributed by atoms with Crippen LogP contribution in [0.5, 0.6) is 0 Å². The second-order valence-electron chi connectivity index (χ2n) is 21.9. The van der Waals surface area contributed by atoms with E-state index in [-0.39, 0.29) is 0 Å². The van der Waals surface area contributed by atoms with Crippen molar-refractivity contribution in [3.63, 3.8) is 0 Å². The minimum Gasteiger partial charge on any atom is -0.309 e. The van der Waals surface area contributed by atoms with Crippen LogP contribution in [0.2, 0.25) is 0 Å². The second kappa shape index (κ2) is 19.7. The first-order valence-corrected chi connectivity index (χ1v) is 32.8. The van der Waals surface area contributed by atoms with Gasteiger partial charge in [-0.3, -0.25) is 0 Å². The Kier molecular flexibility index (Phi) is 11.6. The summed E-state index contributed by atoms with van der Waals surface area (Å²) in [5.41, 5.74) is 10.5. The molecular formula is C78H55N3Si2. The SMILES string of the molecule is c1ccc([Si](c2ccccc2)(c2ccccc2)c2cccc(-n3c4ccccc4c4cc(-n5c6ccccc6c6c(-n7c8ccccc8c8cc([Si](c9ccccc9)(c9ccccc9)c9ccccc9)ccc87)cccc65)ccc43)c2)cc1. The zero-order chi connectivity index (χ0) is 54.9. The Morgan fingerprint density at radius 2 is 0.506 bits per heavy atom. The molecule has 0 radical (unpaired) electrons. The van der Waals surface area contributed by atoms with E-state index < -0.39 is 16.1 Å². The van der Waals surface area contributed by atoms with E-state index in [1.807, 2.05) is 0 Å². The van der Waals surface area contributed by atoms with Crippen LogP contribution in [0.1, 0.15) is 0 Å². The van der Waals surface area contributed by atoms with Crippen LogP contribution in [0.15, 0.2) is 334 Å². The highest BCUT2D eigenvalue weighted by atomic mass is 28.3. The fourth-order valence-electron chi connectivity index (χ4n) is 14.3. The Balaban J connectivity index is 0.886. The molecule has 3 heterocycles. The van der Waals surface area contributed by atoms with Gasteiger partial charge in [0.1, 0.15) is 0 Å². The summed E-state index contributed by atoms with van der Waals surface area (Å²) in [6.45, 7) is 0. The van der Waals surface area contributed by atoms with Gasteiger partial charge in [0, 0.05) is 43.7 Å². The maximum atomic E-state index is 2.53. The third-order valence-corrected chi connectivity index (χ3v) is 27.3. The van der Waals surface area contributed by atoms with Crippen molar-refractivity contribution in [1.29, 1.82) is 0 Å². The fourth-order valence-corrected chi connectivity index (χ4v) is 23.9. The molecule has 0 amide bonds. The predicted molar refractivity (Wildman–Crippen MR) is 357 cm³/mol. The maximum Gasteiger partial charge on any atom is 0.179 e. The van der Waals surface area contributed by atoms with Crippen LogP contribution in [0, 0.1) is 0 Å². The third-order valence-electron chi connectivity index (χ3n) is 17.7. The molecule has 0 aliphatic carbocycles. The average molecular weight is 1090 g/mol. The summed E-state index contributed by atoms with van der Waals surface area (Å²) in [6.07, 6.45) is 0. The highest BCUT2D eigenvalue weighted by Gasteiger charge is 2.43. The number of benzene rings is 13. The Hall–Kier alpha value is -10.3. The van der Waals surface area contributed by atoms with Gasteiger partial charge in [-0.15, -0.1) is 0 Å². The molecule has 16 aromatic rings. The summed E-state index contributed by atoms with van der Waals surface area (Å²) >= 11 is 0. The van der Waals surface area contributed by atoms with E-state index >= 15 is 0 Å². The van der Waals surface area contributed by atoms with Gasteiger partial charge in [0.15, 0.2) is 16.1 Å². The molecule has 3 aromatic heterocycles. The van der Waals surface area contributed by atoms with Crippen LogP contribution in [-0.4, -0.2) is 29.8 Å². The number of hydrogen-bond donors (Lipinski definition) is 0. The topological polar surface area (TPSA) is 14.8 Å². The van der Waals surface area contributed by atoms with E-state index in [0.29, 0.717) is 0 Å². The van der Waals surface area contributed by atoms with Gasteiger partial charge in [-0.05, 0) is 108 Å². The molecule has 3 nitrogen and oxygen atoms in total. The summed E-state index contributed by atoms with van der Waals surface area (Å²) in [5.74, 6) is 0. The summed E-state index contributed by atoms with van der Waals surface area (Å²) in [6, 6.07) is 125. The summed E-state index contributed by atoms with van der Waals surface area (Å²) in [7, 11) is -5.60. The van der Waals surface area contributed by atoms with Crippen molar-refractivity contribution in [3.8, 4) is 17.1 Å². The molecule has 0 spiro atoms. The Labute approximate surface area is 484 Å². The molecular weight excluding hydrogens is 1040 g/mol. The Bertz CT molecular complexity index is 4880. The van der Waals surface area contributed by atoms with Crippen molar-refractivity contribution in [2.75, 3.05) is 0 Å². The quantitative estimate of drug-likeness (QED) is 0.0906. The lowest BCUT2D eigenvalue weighted by Gasteiger charge is -2.34. The molecule has 0 aliphatic heterocycles. The second-order valence-corrected chi connectivity index (χ2v) is 29.5. The van der Waals surface area contributed by atoms with E-state index in [0.717, 1.165) is 22.6 Å². The minimum absolute atomic E-state index is 1.12. The molecule has 0 aliphatic rings. The van der Waals surface area contributed by atoms with E-state index in [9.17, 15) is 0 Å². The van der Waals surface area contributed by atoms with Gasteiger partial charge in [0.25, 0.3) is 0 Å². The monoisotopic (exact) mass is 1090 g/mol. The Morgan fingerprint density at radius 3 is 1.01 bits per heavy atom. The van der Waals surface area contributed by atoms with E-state index in [1.165, 1.54) is 101 Å². The normalized spacial score (nSPS) is 12.1. The van der Waals surface area contributed by atoms with Crippen molar-refractivity contribution in [2.45, 2.75) is 0 Å². The van der Waals surface area contributed by atoms with Crippen LogP contribution < -0.4 is 41.5 Å². The van der Waals surface area contributed by atoms with Crippen LogP contribution >= 0.6 is 0 Å². The number of para-hydroxylation sites is 3. The number of nitrogens with zero attached hydrogens (tertiary/aromatic N) is 3. The minimum atomic E-state index is -2.81. The standard InChI is InChI=1S/C78H55N3Si2/c1-7-28-58(29-8-1)82(59-30-9-2-10-31-59,60-32-11-3-12-33-60)64-40-25-27-56(53-64)79-71-44-22-19-41-66(71)69-54-57(49-51-74(69)79)80-73-46-24-21-43-68(73)78-76(80)47-26-48-77(78)81-72-45-23-20-42-67(72)70-55-65(50-52-75(70)81)83(61-34-13-4-14-35-61,62-36-15-5-16-37-62)63-38-17-6-18-39-63/h1-55H. The van der Waals surface area contributed by atoms with Crippen LogP contribution in [0.25, 0.3) is 82.5 Å². The van der Waals surface area contributed by atoms with Crippen molar-refractivity contribution >= 4 is 123 Å². The lowest BCUT2D eigenvalue weighted by Crippen LogP contribution is -2.74. The molecule has 0 atom stereocenters. The van der Waals surface area contributed by atoms with E-state index in [4.69, 9.17) is 0 Å². The van der Waals surface area contributed by atoms with Gasteiger partial charge in [0.05, 0.1) is 38.8 Å². The smallest absolute Gasteiger partial charge is 0.179 e. The highest BCUT2D eigenvalue weighted by molar-refractivity contribution is 7.20. The Morgan fingerprint density at radius 1 is 0.181 bits per heavy atom. The molecule has 5 heteroatoms. The van der Waals surface area contributed by atoms with Gasteiger partial charge in [-0.1, -0.05) is 267 Å². The van der Waals surface area contributed by atoms with Crippen molar-refractivity contribution < 1.29 is 0 Å². The van der Waals surface area contributed by atoms with Crippen molar-refractivity contribution in [3.05, 3.63) is 334 Å². The predicted octanol–water partition coefficient (Wildman–Crippen LogP) is 13.7. The van der Waals surface area contributed by atoms with Crippen molar-refractivity contribution in [2.24, 2.45) is 0 Å².